The normalized spacial score (nSPS) is 12.8. The van der Waals surface area contributed by atoms with Crippen LogP contribution in [0.2, 0.25) is 0 Å². The van der Waals surface area contributed by atoms with Crippen LogP contribution in [-0.4, -0.2) is 38.0 Å². The van der Waals surface area contributed by atoms with Crippen LogP contribution in [-0.2, 0) is 11.3 Å². The maximum atomic E-state index is 5.24. The largest absolute Gasteiger partial charge is 0.497 e. The van der Waals surface area contributed by atoms with Gasteiger partial charge in [-0.15, -0.1) is 0 Å². The van der Waals surface area contributed by atoms with E-state index in [4.69, 9.17) is 9.47 Å². The molecule has 0 amide bonds. The molecule has 4 heteroatoms. The minimum Gasteiger partial charge on any atom is -0.497 e. The Labute approximate surface area is 114 Å². The molecule has 0 radical (unpaired) electrons. The first-order chi connectivity index (χ1) is 9.24. The van der Waals surface area contributed by atoms with Gasteiger partial charge in [0.25, 0.3) is 0 Å². The smallest absolute Gasteiger partial charge is 0.119 e. The maximum Gasteiger partial charge on any atom is 0.119 e. The monoisotopic (exact) mass is 262 g/mol. The Morgan fingerprint density at radius 2 is 2.11 bits per heavy atom. The van der Waals surface area contributed by atoms with Crippen molar-refractivity contribution in [2.45, 2.75) is 19.5 Å². The lowest BCUT2D eigenvalue weighted by atomic mass is 10.2. The number of hydrogen-bond acceptors (Lipinski definition) is 3. The molecule has 0 aliphatic rings. The van der Waals surface area contributed by atoms with Gasteiger partial charge in [-0.1, -0.05) is 0 Å². The van der Waals surface area contributed by atoms with E-state index in [1.807, 2.05) is 6.07 Å². The topological polar surface area (TPSA) is 35.4 Å². The first kappa shape index (κ1) is 13.9. The lowest BCUT2D eigenvalue weighted by Gasteiger charge is -2.13. The molecule has 2 aromatic rings. The first-order valence-corrected chi connectivity index (χ1v) is 6.60. The average molecular weight is 262 g/mol. The van der Waals surface area contributed by atoms with Gasteiger partial charge in [0.15, 0.2) is 0 Å². The number of aromatic nitrogens is 1. The second-order valence-electron chi connectivity index (χ2n) is 4.74. The van der Waals surface area contributed by atoms with Gasteiger partial charge in [0.1, 0.15) is 5.75 Å². The number of nitrogens with zero attached hydrogens (tertiary/aromatic N) is 1. The zero-order chi connectivity index (χ0) is 13.7. The number of fused-ring (bicyclic) bond motifs is 1. The molecule has 1 heterocycles. The number of nitrogens with one attached hydrogen (secondary N) is 1. The minimum atomic E-state index is 0.381. The third-order valence-corrected chi connectivity index (χ3v) is 3.24. The molecule has 1 aromatic heterocycles. The molecule has 2 rings (SSSR count). The van der Waals surface area contributed by atoms with Gasteiger partial charge in [-0.05, 0) is 31.2 Å². The highest BCUT2D eigenvalue weighted by Crippen LogP contribution is 2.21. The van der Waals surface area contributed by atoms with E-state index in [-0.39, 0.29) is 0 Å². The highest BCUT2D eigenvalue weighted by molar-refractivity contribution is 5.81. The van der Waals surface area contributed by atoms with Crippen LogP contribution < -0.4 is 10.1 Å². The van der Waals surface area contributed by atoms with Gasteiger partial charge in [-0.3, -0.25) is 0 Å². The summed E-state index contributed by atoms with van der Waals surface area (Å²) in [4.78, 5) is 0. The summed E-state index contributed by atoms with van der Waals surface area (Å²) in [5, 5.41) is 4.65. The Bertz CT molecular complexity index is 522. The summed E-state index contributed by atoms with van der Waals surface area (Å²) in [6.45, 7) is 4.75. The molecule has 104 valence electrons. The fraction of sp³-hybridized carbons (Fsp3) is 0.467. The summed E-state index contributed by atoms with van der Waals surface area (Å²) < 4.78 is 12.6. The van der Waals surface area contributed by atoms with E-state index in [0.29, 0.717) is 6.04 Å². The quantitative estimate of drug-likeness (QED) is 0.831. The van der Waals surface area contributed by atoms with Crippen LogP contribution in [0, 0.1) is 0 Å². The average Bonchev–Trinajstić information content (AvgIpc) is 2.81. The summed E-state index contributed by atoms with van der Waals surface area (Å²) >= 11 is 0. The number of ether oxygens (including phenoxy) is 2. The molecule has 19 heavy (non-hydrogen) atoms. The lowest BCUT2D eigenvalue weighted by molar-refractivity contribution is 0.172. The van der Waals surface area contributed by atoms with Gasteiger partial charge in [0, 0.05) is 43.3 Å². The van der Waals surface area contributed by atoms with Crippen molar-refractivity contribution in [3.8, 4) is 5.75 Å². The number of hydrogen-bond donors (Lipinski definition) is 1. The van der Waals surface area contributed by atoms with E-state index in [2.05, 4.69) is 41.2 Å². The van der Waals surface area contributed by atoms with Crippen molar-refractivity contribution in [3.05, 3.63) is 30.5 Å². The fourth-order valence-electron chi connectivity index (χ4n) is 2.24. The fourth-order valence-corrected chi connectivity index (χ4v) is 2.24. The number of rotatable bonds is 7. The lowest BCUT2D eigenvalue weighted by Crippen LogP contribution is -2.32. The van der Waals surface area contributed by atoms with Crippen molar-refractivity contribution in [2.75, 3.05) is 27.4 Å². The van der Waals surface area contributed by atoms with Crippen molar-refractivity contribution >= 4 is 10.9 Å². The summed E-state index contributed by atoms with van der Waals surface area (Å²) in [5.41, 5.74) is 1.24. The highest BCUT2D eigenvalue weighted by atomic mass is 16.5. The zero-order valence-corrected chi connectivity index (χ0v) is 11.8. The summed E-state index contributed by atoms with van der Waals surface area (Å²) in [6, 6.07) is 8.67. The van der Waals surface area contributed by atoms with Crippen LogP contribution >= 0.6 is 0 Å². The van der Waals surface area contributed by atoms with E-state index < -0.39 is 0 Å². The van der Waals surface area contributed by atoms with Crippen LogP contribution in [0.1, 0.15) is 6.92 Å². The highest BCUT2D eigenvalue weighted by Gasteiger charge is 2.03. The Balaban J connectivity index is 1.97. The predicted molar refractivity (Wildman–Crippen MR) is 77.8 cm³/mol. The van der Waals surface area contributed by atoms with Gasteiger partial charge in [-0.25, -0.2) is 0 Å². The molecule has 1 atom stereocenters. The van der Waals surface area contributed by atoms with Crippen molar-refractivity contribution in [1.82, 2.24) is 9.88 Å². The van der Waals surface area contributed by atoms with E-state index in [1.54, 1.807) is 14.2 Å². The third-order valence-electron chi connectivity index (χ3n) is 3.24. The van der Waals surface area contributed by atoms with Gasteiger partial charge in [-0.2, -0.15) is 0 Å². The van der Waals surface area contributed by atoms with Crippen LogP contribution in [0.3, 0.4) is 0 Å². The van der Waals surface area contributed by atoms with Crippen LogP contribution in [0.5, 0.6) is 5.75 Å². The second kappa shape index (κ2) is 6.59. The van der Waals surface area contributed by atoms with Crippen molar-refractivity contribution in [3.63, 3.8) is 0 Å². The Hall–Kier alpha value is -1.52. The molecule has 0 saturated carbocycles. The van der Waals surface area contributed by atoms with Crippen LogP contribution in [0.15, 0.2) is 30.5 Å². The molecule has 1 N–H and O–H groups in total. The van der Waals surface area contributed by atoms with Crippen molar-refractivity contribution < 1.29 is 9.47 Å². The molecule has 0 aliphatic carbocycles. The Morgan fingerprint density at radius 3 is 2.84 bits per heavy atom. The standard InChI is InChI=1S/C15H22N2O2/c1-12(11-18-2)16-7-9-17-8-6-13-10-14(19-3)4-5-15(13)17/h4-6,8,10,12,16H,7,9,11H2,1-3H3. The maximum absolute atomic E-state index is 5.24. The molecular formula is C15H22N2O2. The Morgan fingerprint density at radius 1 is 1.26 bits per heavy atom. The second-order valence-corrected chi connectivity index (χ2v) is 4.74. The molecular weight excluding hydrogens is 240 g/mol. The van der Waals surface area contributed by atoms with Gasteiger partial charge < -0.3 is 19.4 Å². The predicted octanol–water partition coefficient (Wildman–Crippen LogP) is 2.27. The van der Waals surface area contributed by atoms with Gasteiger partial charge >= 0.3 is 0 Å². The van der Waals surface area contributed by atoms with E-state index in [1.165, 1.54) is 10.9 Å². The summed E-state index contributed by atoms with van der Waals surface area (Å²) in [5.74, 6) is 0.900. The summed E-state index contributed by atoms with van der Waals surface area (Å²) in [7, 11) is 3.42. The molecule has 0 aliphatic heterocycles. The first-order valence-electron chi connectivity index (χ1n) is 6.60. The zero-order valence-electron chi connectivity index (χ0n) is 11.8. The summed E-state index contributed by atoms with van der Waals surface area (Å²) in [6.07, 6.45) is 2.12. The molecule has 0 fully saturated rings. The Kier molecular flexibility index (Phi) is 4.82. The third kappa shape index (κ3) is 3.49. The SMILES string of the molecule is COCC(C)NCCn1ccc2cc(OC)ccc21. The van der Waals surface area contributed by atoms with Crippen molar-refractivity contribution in [1.29, 1.82) is 0 Å². The van der Waals surface area contributed by atoms with Gasteiger partial charge in [0.2, 0.25) is 0 Å². The van der Waals surface area contributed by atoms with Crippen LogP contribution in [0.4, 0.5) is 0 Å². The van der Waals surface area contributed by atoms with Crippen LogP contribution in [0.25, 0.3) is 10.9 Å². The van der Waals surface area contributed by atoms with E-state index in [0.717, 1.165) is 25.4 Å². The molecule has 1 unspecified atom stereocenters. The molecule has 4 nitrogen and oxygen atoms in total. The molecule has 1 aromatic carbocycles. The van der Waals surface area contributed by atoms with E-state index >= 15 is 0 Å². The van der Waals surface area contributed by atoms with Crippen molar-refractivity contribution in [2.24, 2.45) is 0 Å². The number of methoxy groups -OCH3 is 2. The molecule has 0 bridgehead atoms. The minimum absolute atomic E-state index is 0.381. The number of benzene rings is 1. The van der Waals surface area contributed by atoms with E-state index in [9.17, 15) is 0 Å². The molecule has 0 spiro atoms. The molecule has 0 saturated heterocycles. The van der Waals surface area contributed by atoms with Gasteiger partial charge in [0.05, 0.1) is 13.7 Å².